The number of rotatable bonds is 10. The van der Waals surface area contributed by atoms with Crippen LogP contribution in [0.4, 0.5) is 10.1 Å². The normalized spacial score (nSPS) is 13.4. The van der Waals surface area contributed by atoms with Gasteiger partial charge in [0.15, 0.2) is 11.5 Å². The quantitative estimate of drug-likeness (QED) is 0.530. The minimum absolute atomic E-state index is 0.0111. The SMILES string of the molecule is CCS(=O)(=O)N(CC(=O)N(Cc1ccccc1F)[C@@H](C)C(=O)NC(C)C)c1ccc2c(c1)OCO2. The standard InChI is InChI=1S/C24H30FN3O6S/c1-5-35(31,32)28(19-10-11-21-22(12-19)34-15-33-21)14-23(29)27(17(4)24(30)26-16(2)3)13-18-8-6-7-9-20(18)25/h6-12,16-17H,5,13-15H2,1-4H3,(H,26,30)/t17-/m0/s1. The van der Waals surface area contributed by atoms with E-state index in [-0.39, 0.29) is 36.4 Å². The van der Waals surface area contributed by atoms with Gasteiger partial charge in [0.2, 0.25) is 28.6 Å². The molecule has 11 heteroatoms. The summed E-state index contributed by atoms with van der Waals surface area (Å²) in [5.74, 6) is -1.05. The summed E-state index contributed by atoms with van der Waals surface area (Å²) in [4.78, 5) is 27.5. The molecule has 190 valence electrons. The van der Waals surface area contributed by atoms with Gasteiger partial charge < -0.3 is 19.7 Å². The first-order valence-corrected chi connectivity index (χ1v) is 12.9. The Labute approximate surface area is 204 Å². The molecule has 1 atom stereocenters. The molecule has 3 rings (SSSR count). The Morgan fingerprint density at radius 2 is 1.77 bits per heavy atom. The lowest BCUT2D eigenvalue weighted by molar-refractivity contribution is -0.139. The Bertz CT molecular complexity index is 1190. The second-order valence-corrected chi connectivity index (χ2v) is 10.6. The van der Waals surface area contributed by atoms with Gasteiger partial charge in [-0.05, 0) is 45.9 Å². The van der Waals surface area contributed by atoms with Crippen LogP contribution in [0.25, 0.3) is 0 Å². The molecule has 1 aliphatic heterocycles. The van der Waals surface area contributed by atoms with Gasteiger partial charge in [0, 0.05) is 24.2 Å². The molecule has 0 aliphatic carbocycles. The largest absolute Gasteiger partial charge is 0.454 e. The number of hydrogen-bond acceptors (Lipinski definition) is 6. The Morgan fingerprint density at radius 1 is 1.09 bits per heavy atom. The summed E-state index contributed by atoms with van der Waals surface area (Å²) < 4.78 is 52.0. The lowest BCUT2D eigenvalue weighted by Crippen LogP contribution is -2.52. The Kier molecular flexibility index (Phi) is 8.21. The molecule has 2 aromatic rings. The molecule has 2 amide bonds. The van der Waals surface area contributed by atoms with E-state index in [0.717, 1.165) is 4.31 Å². The molecule has 0 aromatic heterocycles. The van der Waals surface area contributed by atoms with E-state index in [9.17, 15) is 22.4 Å². The van der Waals surface area contributed by atoms with E-state index in [1.807, 2.05) is 0 Å². The highest BCUT2D eigenvalue weighted by molar-refractivity contribution is 7.92. The van der Waals surface area contributed by atoms with Gasteiger partial charge in [0.1, 0.15) is 18.4 Å². The lowest BCUT2D eigenvalue weighted by atomic mass is 10.1. The predicted octanol–water partition coefficient (Wildman–Crippen LogP) is 2.65. The van der Waals surface area contributed by atoms with Crippen molar-refractivity contribution < 1.29 is 31.9 Å². The van der Waals surface area contributed by atoms with E-state index in [4.69, 9.17) is 9.47 Å². The number of halogens is 1. The van der Waals surface area contributed by atoms with E-state index in [2.05, 4.69) is 5.32 Å². The first-order chi connectivity index (χ1) is 16.5. The molecule has 0 spiro atoms. The van der Waals surface area contributed by atoms with E-state index in [1.54, 1.807) is 26.0 Å². The summed E-state index contributed by atoms with van der Waals surface area (Å²) in [6.07, 6.45) is 0. The number of benzene rings is 2. The summed E-state index contributed by atoms with van der Waals surface area (Å²) in [5.41, 5.74) is 0.424. The van der Waals surface area contributed by atoms with E-state index in [1.165, 1.54) is 49.1 Å². The molecule has 0 unspecified atom stereocenters. The second kappa shape index (κ2) is 10.9. The van der Waals surface area contributed by atoms with Crippen LogP contribution in [0.1, 0.15) is 33.3 Å². The van der Waals surface area contributed by atoms with Crippen molar-refractivity contribution in [2.45, 2.75) is 46.3 Å². The van der Waals surface area contributed by atoms with Gasteiger partial charge in [-0.2, -0.15) is 0 Å². The molecule has 1 N–H and O–H groups in total. The first kappa shape index (κ1) is 26.3. The highest BCUT2D eigenvalue weighted by Crippen LogP contribution is 2.36. The van der Waals surface area contributed by atoms with Crippen molar-refractivity contribution in [1.82, 2.24) is 10.2 Å². The van der Waals surface area contributed by atoms with Gasteiger partial charge in [-0.3, -0.25) is 13.9 Å². The van der Waals surface area contributed by atoms with Crippen LogP contribution >= 0.6 is 0 Å². The average Bonchev–Trinajstić information content (AvgIpc) is 3.28. The van der Waals surface area contributed by atoms with Crippen LogP contribution in [0, 0.1) is 5.82 Å². The summed E-state index contributed by atoms with van der Waals surface area (Å²) in [7, 11) is -3.89. The van der Waals surface area contributed by atoms with Crippen molar-refractivity contribution in [3.05, 3.63) is 53.8 Å². The molecule has 9 nitrogen and oxygen atoms in total. The summed E-state index contributed by atoms with van der Waals surface area (Å²) in [6.45, 7) is 5.77. The number of nitrogens with zero attached hydrogens (tertiary/aromatic N) is 2. The Balaban J connectivity index is 1.95. The zero-order valence-electron chi connectivity index (χ0n) is 20.2. The molecule has 0 bridgehead atoms. The van der Waals surface area contributed by atoms with Crippen molar-refractivity contribution in [2.24, 2.45) is 0 Å². The smallest absolute Gasteiger partial charge is 0.244 e. The third-order valence-corrected chi connectivity index (χ3v) is 7.26. The van der Waals surface area contributed by atoms with Crippen molar-refractivity contribution >= 4 is 27.5 Å². The molecule has 1 aliphatic rings. The highest BCUT2D eigenvalue weighted by atomic mass is 32.2. The molecule has 0 saturated carbocycles. The molecule has 1 heterocycles. The summed E-state index contributed by atoms with van der Waals surface area (Å²) in [5, 5.41) is 2.74. The van der Waals surface area contributed by atoms with Crippen molar-refractivity contribution in [3.8, 4) is 11.5 Å². The molecule has 0 radical (unpaired) electrons. The maximum atomic E-state index is 14.4. The maximum Gasteiger partial charge on any atom is 0.244 e. The predicted molar refractivity (Wildman–Crippen MR) is 129 cm³/mol. The number of fused-ring (bicyclic) bond motifs is 1. The van der Waals surface area contributed by atoms with Gasteiger partial charge in [-0.1, -0.05) is 18.2 Å². The molecule has 2 aromatic carbocycles. The number of carbonyl (C=O) groups is 2. The van der Waals surface area contributed by atoms with E-state index in [0.29, 0.717) is 11.5 Å². The fourth-order valence-corrected chi connectivity index (χ4v) is 4.61. The van der Waals surface area contributed by atoms with Crippen molar-refractivity contribution in [3.63, 3.8) is 0 Å². The van der Waals surface area contributed by atoms with Gasteiger partial charge >= 0.3 is 0 Å². The summed E-state index contributed by atoms with van der Waals surface area (Å²) >= 11 is 0. The van der Waals surface area contributed by atoms with Crippen molar-refractivity contribution in [2.75, 3.05) is 23.4 Å². The molecule has 0 saturated heterocycles. The number of nitrogens with one attached hydrogen (secondary N) is 1. The van der Waals surface area contributed by atoms with Gasteiger partial charge in [-0.15, -0.1) is 0 Å². The first-order valence-electron chi connectivity index (χ1n) is 11.3. The van der Waals surface area contributed by atoms with Crippen LogP contribution in [0.15, 0.2) is 42.5 Å². The number of ether oxygens (including phenoxy) is 2. The van der Waals surface area contributed by atoms with Crippen LogP contribution in [-0.2, 0) is 26.2 Å². The van der Waals surface area contributed by atoms with Crippen LogP contribution in [0.5, 0.6) is 11.5 Å². The monoisotopic (exact) mass is 507 g/mol. The average molecular weight is 508 g/mol. The highest BCUT2D eigenvalue weighted by Gasteiger charge is 2.32. The molecular formula is C24H30FN3O6S. The number of sulfonamides is 1. The van der Waals surface area contributed by atoms with Crippen molar-refractivity contribution in [1.29, 1.82) is 0 Å². The molecule has 0 fully saturated rings. The Morgan fingerprint density at radius 3 is 2.43 bits per heavy atom. The minimum atomic E-state index is -3.89. The van der Waals surface area contributed by atoms with Gasteiger partial charge in [0.25, 0.3) is 0 Å². The van der Waals surface area contributed by atoms with Gasteiger partial charge in [0.05, 0.1) is 11.4 Å². The molecular weight excluding hydrogens is 477 g/mol. The van der Waals surface area contributed by atoms with Gasteiger partial charge in [-0.25, -0.2) is 12.8 Å². The van der Waals surface area contributed by atoms with E-state index >= 15 is 0 Å². The second-order valence-electron chi connectivity index (χ2n) is 8.40. The number of carbonyl (C=O) groups excluding carboxylic acids is 2. The fourth-order valence-electron chi connectivity index (χ4n) is 3.56. The molecule has 35 heavy (non-hydrogen) atoms. The third-order valence-electron chi connectivity index (χ3n) is 5.52. The van der Waals surface area contributed by atoms with E-state index < -0.39 is 40.2 Å². The number of anilines is 1. The Hall–Kier alpha value is -3.34. The summed E-state index contributed by atoms with van der Waals surface area (Å²) in [6, 6.07) is 9.33. The van der Waals surface area contributed by atoms with Crippen LogP contribution in [0.3, 0.4) is 0 Å². The minimum Gasteiger partial charge on any atom is -0.454 e. The fraction of sp³-hybridized carbons (Fsp3) is 0.417. The lowest BCUT2D eigenvalue weighted by Gasteiger charge is -2.32. The third kappa shape index (κ3) is 6.21. The topological polar surface area (TPSA) is 105 Å². The number of hydrogen-bond donors (Lipinski definition) is 1. The van der Waals surface area contributed by atoms with Crippen LogP contribution in [0.2, 0.25) is 0 Å². The van der Waals surface area contributed by atoms with Crippen LogP contribution in [-0.4, -0.2) is 56.3 Å². The van der Waals surface area contributed by atoms with Crippen LogP contribution < -0.4 is 19.1 Å². The maximum absolute atomic E-state index is 14.4. The zero-order valence-corrected chi connectivity index (χ0v) is 21.0. The zero-order chi connectivity index (χ0) is 25.8. The number of amides is 2.